The summed E-state index contributed by atoms with van der Waals surface area (Å²) in [5.41, 5.74) is 1.92. The maximum absolute atomic E-state index is 12.2. The highest BCUT2D eigenvalue weighted by atomic mass is 16.5. The second-order valence-electron chi connectivity index (χ2n) is 6.47. The summed E-state index contributed by atoms with van der Waals surface area (Å²) in [5, 5.41) is 5.79. The van der Waals surface area contributed by atoms with Crippen molar-refractivity contribution in [3.8, 4) is 11.5 Å². The van der Waals surface area contributed by atoms with Gasteiger partial charge in [-0.1, -0.05) is 18.2 Å². The van der Waals surface area contributed by atoms with Gasteiger partial charge in [0, 0.05) is 19.2 Å². The molecule has 2 amide bonds. The Morgan fingerprint density at radius 3 is 2.63 bits per heavy atom. The van der Waals surface area contributed by atoms with Gasteiger partial charge < -0.3 is 25.0 Å². The summed E-state index contributed by atoms with van der Waals surface area (Å²) in [6.07, 6.45) is 3.67. The molecule has 2 N–H and O–H groups in total. The van der Waals surface area contributed by atoms with E-state index in [4.69, 9.17) is 9.47 Å². The summed E-state index contributed by atoms with van der Waals surface area (Å²) in [6.45, 7) is 2.87. The van der Waals surface area contributed by atoms with Crippen molar-refractivity contribution in [3.05, 3.63) is 48.5 Å². The Hall–Kier alpha value is -2.89. The van der Waals surface area contributed by atoms with Gasteiger partial charge in [-0.05, 0) is 43.5 Å². The number of benzene rings is 2. The summed E-state index contributed by atoms with van der Waals surface area (Å²) in [5.74, 6) is 1.46. The van der Waals surface area contributed by atoms with Crippen LogP contribution in [0.4, 0.5) is 16.2 Å². The Morgan fingerprint density at radius 1 is 1.04 bits per heavy atom. The first-order chi connectivity index (χ1) is 13.3. The number of ether oxygens (including phenoxy) is 2. The Balaban J connectivity index is 1.46. The molecule has 1 aliphatic rings. The fraction of sp³-hybridized carbons (Fsp3) is 0.381. The van der Waals surface area contributed by atoms with Crippen LogP contribution in [0.5, 0.6) is 11.5 Å². The smallest absolute Gasteiger partial charge is 0.319 e. The zero-order valence-electron chi connectivity index (χ0n) is 15.7. The molecule has 2 aromatic rings. The third-order valence-electron chi connectivity index (χ3n) is 4.55. The zero-order valence-corrected chi connectivity index (χ0v) is 15.7. The van der Waals surface area contributed by atoms with E-state index < -0.39 is 0 Å². The summed E-state index contributed by atoms with van der Waals surface area (Å²) in [7, 11) is 1.62. The van der Waals surface area contributed by atoms with Crippen molar-refractivity contribution in [1.29, 1.82) is 0 Å². The number of carbonyl (C=O) groups is 1. The zero-order chi connectivity index (χ0) is 18.9. The Morgan fingerprint density at radius 2 is 1.81 bits per heavy atom. The number of para-hydroxylation sites is 2. The SMILES string of the molecule is COc1cccc(OCCNC(=O)Nc2ccccc2N2CCCCC2)c1. The van der Waals surface area contributed by atoms with Crippen LogP contribution >= 0.6 is 0 Å². The number of nitrogens with one attached hydrogen (secondary N) is 2. The topological polar surface area (TPSA) is 62.8 Å². The number of hydrogen-bond donors (Lipinski definition) is 2. The number of hydrogen-bond acceptors (Lipinski definition) is 4. The van der Waals surface area contributed by atoms with E-state index in [1.165, 1.54) is 19.3 Å². The molecule has 2 aromatic carbocycles. The number of carbonyl (C=O) groups excluding carboxylic acids is 1. The Kier molecular flexibility index (Phi) is 6.79. The predicted octanol–water partition coefficient (Wildman–Crippen LogP) is 3.89. The van der Waals surface area contributed by atoms with Crippen molar-refractivity contribution in [3.63, 3.8) is 0 Å². The number of methoxy groups -OCH3 is 1. The van der Waals surface area contributed by atoms with Crippen molar-refractivity contribution in [2.24, 2.45) is 0 Å². The average molecular weight is 369 g/mol. The third kappa shape index (κ3) is 5.54. The molecule has 1 fully saturated rings. The summed E-state index contributed by atoms with van der Waals surface area (Å²) < 4.78 is 10.8. The minimum Gasteiger partial charge on any atom is -0.497 e. The third-order valence-corrected chi connectivity index (χ3v) is 4.55. The van der Waals surface area contributed by atoms with Gasteiger partial charge in [-0.25, -0.2) is 4.79 Å². The van der Waals surface area contributed by atoms with Crippen molar-refractivity contribution in [2.45, 2.75) is 19.3 Å². The van der Waals surface area contributed by atoms with Crippen LogP contribution in [-0.4, -0.2) is 39.4 Å². The van der Waals surface area contributed by atoms with Gasteiger partial charge in [0.1, 0.15) is 18.1 Å². The van der Waals surface area contributed by atoms with E-state index in [0.29, 0.717) is 18.9 Å². The molecular weight excluding hydrogens is 342 g/mol. The second-order valence-corrected chi connectivity index (χ2v) is 6.47. The summed E-state index contributed by atoms with van der Waals surface area (Å²) in [4.78, 5) is 14.6. The van der Waals surface area contributed by atoms with E-state index >= 15 is 0 Å². The number of amides is 2. The molecule has 0 aromatic heterocycles. The van der Waals surface area contributed by atoms with Crippen LogP contribution in [0.1, 0.15) is 19.3 Å². The van der Waals surface area contributed by atoms with E-state index in [9.17, 15) is 4.79 Å². The largest absolute Gasteiger partial charge is 0.497 e. The lowest BCUT2D eigenvalue weighted by Gasteiger charge is -2.30. The highest BCUT2D eigenvalue weighted by Crippen LogP contribution is 2.28. The number of rotatable bonds is 7. The van der Waals surface area contributed by atoms with E-state index in [-0.39, 0.29) is 6.03 Å². The first-order valence-corrected chi connectivity index (χ1v) is 9.42. The molecule has 0 aliphatic carbocycles. The van der Waals surface area contributed by atoms with Crippen LogP contribution in [-0.2, 0) is 0 Å². The molecule has 0 atom stereocenters. The standard InChI is InChI=1S/C21H27N3O3/c1-26-17-8-7-9-18(16-17)27-15-12-22-21(25)23-19-10-3-4-11-20(19)24-13-5-2-6-14-24/h3-4,7-11,16H,2,5-6,12-15H2,1H3,(H2,22,23,25). The number of piperidine rings is 1. The lowest BCUT2D eigenvalue weighted by atomic mass is 10.1. The molecule has 0 bridgehead atoms. The maximum atomic E-state index is 12.2. The molecule has 0 unspecified atom stereocenters. The number of urea groups is 1. The van der Waals surface area contributed by atoms with Gasteiger partial charge in [0.2, 0.25) is 0 Å². The van der Waals surface area contributed by atoms with Gasteiger partial charge in [-0.3, -0.25) is 0 Å². The van der Waals surface area contributed by atoms with Crippen LogP contribution < -0.4 is 25.0 Å². The van der Waals surface area contributed by atoms with Gasteiger partial charge in [-0.2, -0.15) is 0 Å². The molecular formula is C21H27N3O3. The molecule has 3 rings (SSSR count). The fourth-order valence-corrected chi connectivity index (χ4v) is 3.18. The molecule has 0 spiro atoms. The summed E-state index contributed by atoms with van der Waals surface area (Å²) >= 11 is 0. The van der Waals surface area contributed by atoms with Gasteiger partial charge >= 0.3 is 6.03 Å². The molecule has 0 radical (unpaired) electrons. The minimum absolute atomic E-state index is 0.228. The molecule has 6 heteroatoms. The van der Waals surface area contributed by atoms with E-state index in [1.807, 2.05) is 42.5 Å². The average Bonchev–Trinajstić information content (AvgIpc) is 2.72. The van der Waals surface area contributed by atoms with Crippen LogP contribution in [0.3, 0.4) is 0 Å². The fourth-order valence-electron chi connectivity index (χ4n) is 3.18. The van der Waals surface area contributed by atoms with Crippen LogP contribution in [0.2, 0.25) is 0 Å². The predicted molar refractivity (Wildman–Crippen MR) is 108 cm³/mol. The van der Waals surface area contributed by atoms with Gasteiger partial charge in [0.15, 0.2) is 0 Å². The first kappa shape index (κ1) is 18.9. The second kappa shape index (κ2) is 9.71. The van der Waals surface area contributed by atoms with Crippen molar-refractivity contribution < 1.29 is 14.3 Å². The van der Waals surface area contributed by atoms with Gasteiger partial charge in [0.05, 0.1) is 25.0 Å². The van der Waals surface area contributed by atoms with Crippen LogP contribution in [0, 0.1) is 0 Å². The first-order valence-electron chi connectivity index (χ1n) is 9.42. The van der Waals surface area contributed by atoms with E-state index in [0.717, 1.165) is 30.2 Å². The Labute approximate surface area is 160 Å². The monoisotopic (exact) mass is 369 g/mol. The Bertz CT molecular complexity index is 745. The number of nitrogens with zero attached hydrogens (tertiary/aromatic N) is 1. The molecule has 1 heterocycles. The molecule has 1 aliphatic heterocycles. The highest BCUT2D eigenvalue weighted by Gasteiger charge is 2.15. The van der Waals surface area contributed by atoms with Crippen LogP contribution in [0.15, 0.2) is 48.5 Å². The van der Waals surface area contributed by atoms with Crippen LogP contribution in [0.25, 0.3) is 0 Å². The summed E-state index contributed by atoms with van der Waals surface area (Å²) in [6, 6.07) is 15.1. The molecule has 27 heavy (non-hydrogen) atoms. The molecule has 1 saturated heterocycles. The van der Waals surface area contributed by atoms with Crippen molar-refractivity contribution >= 4 is 17.4 Å². The van der Waals surface area contributed by atoms with Crippen molar-refractivity contribution in [2.75, 3.05) is 43.6 Å². The molecule has 144 valence electrons. The van der Waals surface area contributed by atoms with Gasteiger partial charge in [-0.15, -0.1) is 0 Å². The molecule has 0 saturated carbocycles. The quantitative estimate of drug-likeness (QED) is 0.727. The normalized spacial score (nSPS) is 13.7. The van der Waals surface area contributed by atoms with Gasteiger partial charge in [0.25, 0.3) is 0 Å². The van der Waals surface area contributed by atoms with E-state index in [2.05, 4.69) is 21.6 Å². The number of anilines is 2. The molecule has 6 nitrogen and oxygen atoms in total. The van der Waals surface area contributed by atoms with E-state index in [1.54, 1.807) is 7.11 Å². The highest BCUT2D eigenvalue weighted by molar-refractivity contribution is 5.93. The lowest BCUT2D eigenvalue weighted by Crippen LogP contribution is -2.34. The lowest BCUT2D eigenvalue weighted by molar-refractivity contribution is 0.247. The maximum Gasteiger partial charge on any atom is 0.319 e. The van der Waals surface area contributed by atoms with Crippen molar-refractivity contribution in [1.82, 2.24) is 5.32 Å². The minimum atomic E-state index is -0.228.